The molecular weight excluding hydrogens is 233 g/mol. The summed E-state index contributed by atoms with van der Waals surface area (Å²) in [5, 5.41) is 2.61. The lowest BCUT2D eigenvalue weighted by molar-refractivity contribution is -0.0885. The van der Waals surface area contributed by atoms with Crippen molar-refractivity contribution in [3.8, 4) is 0 Å². The van der Waals surface area contributed by atoms with Crippen molar-refractivity contribution in [2.24, 2.45) is 0 Å². The van der Waals surface area contributed by atoms with E-state index in [1.54, 1.807) is 6.92 Å². The fourth-order valence-electron chi connectivity index (χ4n) is 1.75. The molecule has 0 radical (unpaired) electrons. The van der Waals surface area contributed by atoms with Crippen LogP contribution in [0, 0.1) is 0 Å². The molecule has 0 saturated heterocycles. The van der Waals surface area contributed by atoms with Gasteiger partial charge in [0, 0.05) is 18.4 Å². The molecule has 0 aromatic heterocycles. The Balaban J connectivity index is 2.44. The number of hydrogen-bond donors (Lipinski definition) is 1. The third kappa shape index (κ3) is 2.20. The third-order valence-corrected chi connectivity index (χ3v) is 2.71. The quantitative estimate of drug-likeness (QED) is 0.698. The van der Waals surface area contributed by atoms with Gasteiger partial charge in [0.2, 0.25) is 0 Å². The summed E-state index contributed by atoms with van der Waals surface area (Å²) in [6.45, 7) is 2.17. The van der Waals surface area contributed by atoms with E-state index in [-0.39, 0.29) is 0 Å². The zero-order chi connectivity index (χ0) is 12.6. The van der Waals surface area contributed by atoms with Crippen molar-refractivity contribution in [2.45, 2.75) is 19.5 Å². The van der Waals surface area contributed by atoms with Crippen molar-refractivity contribution in [2.75, 3.05) is 6.54 Å². The maximum absolute atomic E-state index is 12.6. The number of rotatable bonds is 0. The van der Waals surface area contributed by atoms with E-state index in [0.29, 0.717) is 18.7 Å². The summed E-state index contributed by atoms with van der Waals surface area (Å²) in [6, 6.07) is -0.398. The van der Waals surface area contributed by atoms with Crippen LogP contribution >= 0.6 is 0 Å². The van der Waals surface area contributed by atoms with Crippen LogP contribution in [0.25, 0.3) is 0 Å². The van der Waals surface area contributed by atoms with Crippen molar-refractivity contribution in [3.63, 3.8) is 0 Å². The summed E-state index contributed by atoms with van der Waals surface area (Å²) in [4.78, 5) is 12.8. The van der Waals surface area contributed by atoms with Gasteiger partial charge in [-0.3, -0.25) is 4.90 Å². The molecule has 0 aromatic carbocycles. The molecule has 0 bridgehead atoms. The number of alkyl halides is 3. The van der Waals surface area contributed by atoms with E-state index >= 15 is 0 Å². The summed E-state index contributed by atoms with van der Waals surface area (Å²) in [5.41, 5.74) is 0.335. The predicted octanol–water partition coefficient (Wildman–Crippen LogP) is 2.69. The van der Waals surface area contributed by atoms with Crippen LogP contribution in [0.5, 0.6) is 0 Å². The van der Waals surface area contributed by atoms with E-state index in [1.165, 1.54) is 4.90 Å². The van der Waals surface area contributed by atoms with Crippen molar-refractivity contribution < 1.29 is 18.0 Å². The van der Waals surface area contributed by atoms with Gasteiger partial charge in [0.1, 0.15) is 0 Å². The Morgan fingerprint density at radius 3 is 2.76 bits per heavy atom. The summed E-state index contributed by atoms with van der Waals surface area (Å²) in [6.07, 6.45) is -0.768. The van der Waals surface area contributed by atoms with Crippen LogP contribution in [0.1, 0.15) is 13.3 Å². The van der Waals surface area contributed by atoms with Crippen LogP contribution < -0.4 is 5.32 Å². The molecule has 0 atom stereocenters. The Morgan fingerprint density at radius 1 is 1.41 bits per heavy atom. The van der Waals surface area contributed by atoms with Gasteiger partial charge in [-0.1, -0.05) is 0 Å². The van der Waals surface area contributed by atoms with E-state index in [2.05, 4.69) is 5.32 Å². The van der Waals surface area contributed by atoms with Gasteiger partial charge in [-0.2, -0.15) is 13.2 Å². The van der Waals surface area contributed by atoms with Gasteiger partial charge in [0.05, 0.1) is 5.57 Å². The predicted molar refractivity (Wildman–Crippen MR) is 55.8 cm³/mol. The molecule has 0 spiro atoms. The first kappa shape index (κ1) is 11.8. The van der Waals surface area contributed by atoms with Crippen molar-refractivity contribution in [3.05, 3.63) is 35.2 Å². The molecule has 2 heterocycles. The number of carbonyl (C=O) groups is 1. The second-order valence-corrected chi connectivity index (χ2v) is 3.93. The van der Waals surface area contributed by atoms with Gasteiger partial charge < -0.3 is 5.32 Å². The zero-order valence-corrected chi connectivity index (χ0v) is 9.14. The van der Waals surface area contributed by atoms with Gasteiger partial charge in [-0.25, -0.2) is 4.79 Å². The van der Waals surface area contributed by atoms with E-state index in [1.807, 2.05) is 0 Å². The Morgan fingerprint density at radius 2 is 2.12 bits per heavy atom. The molecule has 3 nitrogen and oxygen atoms in total. The average molecular weight is 244 g/mol. The minimum atomic E-state index is -4.39. The van der Waals surface area contributed by atoms with E-state index in [0.717, 1.165) is 23.9 Å². The molecule has 2 amide bonds. The molecule has 0 aliphatic carbocycles. The molecule has 0 fully saturated rings. The Labute approximate surface area is 96.3 Å². The summed E-state index contributed by atoms with van der Waals surface area (Å²) >= 11 is 0. The molecule has 17 heavy (non-hydrogen) atoms. The van der Waals surface area contributed by atoms with E-state index < -0.39 is 17.8 Å². The van der Waals surface area contributed by atoms with Gasteiger partial charge in [-0.15, -0.1) is 0 Å². The number of urea groups is 1. The molecule has 1 N–H and O–H groups in total. The number of nitrogens with zero attached hydrogens (tertiary/aromatic N) is 1. The highest BCUT2D eigenvalue weighted by molar-refractivity contribution is 5.79. The fourth-order valence-corrected chi connectivity index (χ4v) is 1.75. The molecule has 2 aliphatic heterocycles. The average Bonchev–Trinajstić information content (AvgIpc) is 2.39. The first-order valence-corrected chi connectivity index (χ1v) is 5.13. The summed E-state index contributed by atoms with van der Waals surface area (Å²) < 4.78 is 37.7. The van der Waals surface area contributed by atoms with Crippen molar-refractivity contribution >= 4 is 6.03 Å². The molecule has 2 aliphatic rings. The Kier molecular flexibility index (Phi) is 2.73. The summed E-state index contributed by atoms with van der Waals surface area (Å²) in [7, 11) is 0. The topological polar surface area (TPSA) is 32.3 Å². The van der Waals surface area contributed by atoms with Crippen LogP contribution in [0.4, 0.5) is 18.0 Å². The normalized spacial score (nSPS) is 20.8. The van der Waals surface area contributed by atoms with Crippen molar-refractivity contribution in [1.29, 1.82) is 0 Å². The molecular formula is C11H11F3N2O. The number of hydrogen-bond acceptors (Lipinski definition) is 1. The molecule has 2 rings (SSSR count). The smallest absolute Gasteiger partial charge is 0.337 e. The number of amides is 2. The second-order valence-electron chi connectivity index (χ2n) is 3.93. The van der Waals surface area contributed by atoms with E-state index in [4.69, 9.17) is 0 Å². The van der Waals surface area contributed by atoms with Gasteiger partial charge in [0.15, 0.2) is 0 Å². The van der Waals surface area contributed by atoms with Crippen LogP contribution in [0.2, 0.25) is 0 Å². The number of nitrogens with one attached hydrogen (secondary N) is 1. The number of carbonyl (C=O) groups excluding carboxylic acids is 1. The van der Waals surface area contributed by atoms with Crippen LogP contribution in [-0.4, -0.2) is 23.7 Å². The maximum atomic E-state index is 12.6. The Hall–Kier alpha value is -1.72. The highest BCUT2D eigenvalue weighted by Gasteiger charge is 2.35. The fraction of sp³-hybridized carbons (Fsp3) is 0.364. The molecule has 0 unspecified atom stereocenters. The maximum Gasteiger partial charge on any atom is 0.416 e. The third-order valence-electron chi connectivity index (χ3n) is 2.71. The Bertz CT molecular complexity index is 446. The zero-order valence-electron chi connectivity index (χ0n) is 9.14. The summed E-state index contributed by atoms with van der Waals surface area (Å²) in [5.74, 6) is 0. The standard InChI is InChI=1S/C11H11F3N2O/c1-7-2-4-15-10(17)16-5-3-8(6-9(7)16)11(12,13)14/h3,5-6H,2,4H2,1H3,(H,15,17). The van der Waals surface area contributed by atoms with Gasteiger partial charge >= 0.3 is 12.2 Å². The molecule has 92 valence electrons. The highest BCUT2D eigenvalue weighted by atomic mass is 19.4. The number of halogens is 3. The minimum absolute atomic E-state index is 0.315. The lowest BCUT2D eigenvalue weighted by Crippen LogP contribution is -2.35. The van der Waals surface area contributed by atoms with Crippen LogP contribution in [0.15, 0.2) is 35.2 Å². The van der Waals surface area contributed by atoms with Crippen LogP contribution in [0.3, 0.4) is 0 Å². The lowest BCUT2D eigenvalue weighted by Gasteiger charge is -2.24. The molecule has 0 saturated carbocycles. The monoisotopic (exact) mass is 244 g/mol. The molecule has 6 heteroatoms. The lowest BCUT2D eigenvalue weighted by atomic mass is 10.1. The van der Waals surface area contributed by atoms with Gasteiger partial charge in [-0.05, 0) is 31.1 Å². The largest absolute Gasteiger partial charge is 0.416 e. The molecule has 0 aromatic rings. The SMILES string of the molecule is CC1=C2C=C(C(F)(F)F)C=CN2C(=O)NCC1. The first-order chi connectivity index (χ1) is 7.89. The number of fused-ring (bicyclic) bond motifs is 1. The first-order valence-electron chi connectivity index (χ1n) is 5.13. The second kappa shape index (κ2) is 3.94. The van der Waals surface area contributed by atoms with E-state index in [9.17, 15) is 18.0 Å². The van der Waals surface area contributed by atoms with Crippen LogP contribution in [-0.2, 0) is 0 Å². The highest BCUT2D eigenvalue weighted by Crippen LogP contribution is 2.33. The van der Waals surface area contributed by atoms with Crippen molar-refractivity contribution in [1.82, 2.24) is 10.2 Å². The van der Waals surface area contributed by atoms with Gasteiger partial charge in [0.25, 0.3) is 0 Å². The minimum Gasteiger partial charge on any atom is -0.337 e. The number of allylic oxidation sites excluding steroid dienone is 3.